The molecule has 0 saturated heterocycles. The van der Waals surface area contributed by atoms with E-state index in [1.165, 1.54) is 30.3 Å². The highest BCUT2D eigenvalue weighted by molar-refractivity contribution is 14.1. The Morgan fingerprint density at radius 2 is 1.85 bits per heavy atom. The fourth-order valence-corrected chi connectivity index (χ4v) is 2.56. The molecular formula is C15H8F2INO. The van der Waals surface area contributed by atoms with E-state index in [1.54, 1.807) is 0 Å². The van der Waals surface area contributed by atoms with E-state index >= 15 is 0 Å². The molecule has 2 aromatic rings. The largest absolute Gasteiger partial charge is 0.292 e. The molecule has 0 aromatic heterocycles. The van der Waals surface area contributed by atoms with Gasteiger partial charge in [-0.25, -0.2) is 8.78 Å². The summed E-state index contributed by atoms with van der Waals surface area (Å²) in [5.41, 5.74) is 0.542. The van der Waals surface area contributed by atoms with Gasteiger partial charge in [0.25, 0.3) is 0 Å². The van der Waals surface area contributed by atoms with Gasteiger partial charge in [0.05, 0.1) is 6.07 Å². The van der Waals surface area contributed by atoms with Crippen LogP contribution < -0.4 is 0 Å². The van der Waals surface area contributed by atoms with Crippen LogP contribution in [0.25, 0.3) is 0 Å². The van der Waals surface area contributed by atoms with Crippen molar-refractivity contribution < 1.29 is 13.6 Å². The van der Waals surface area contributed by atoms with Crippen molar-refractivity contribution in [2.24, 2.45) is 0 Å². The van der Waals surface area contributed by atoms with E-state index in [9.17, 15) is 18.8 Å². The maximum atomic E-state index is 13.2. The molecule has 2 aromatic carbocycles. The van der Waals surface area contributed by atoms with Gasteiger partial charge in [-0.15, -0.1) is 0 Å². The Balaban J connectivity index is 2.42. The summed E-state index contributed by atoms with van der Waals surface area (Å²) in [5.74, 6) is -2.54. The number of halogens is 3. The van der Waals surface area contributed by atoms with E-state index in [-0.39, 0.29) is 11.1 Å². The molecule has 1 atom stereocenters. The van der Waals surface area contributed by atoms with Crippen LogP contribution in [-0.4, -0.2) is 5.78 Å². The fraction of sp³-hybridized carbons (Fsp3) is 0.0667. The number of nitriles is 1. The minimum absolute atomic E-state index is 0.253. The predicted octanol–water partition coefficient (Wildman–Crippen LogP) is 4.06. The molecule has 0 radical (unpaired) electrons. The summed E-state index contributed by atoms with van der Waals surface area (Å²) in [5, 5.41) is 9.18. The Morgan fingerprint density at radius 1 is 1.15 bits per heavy atom. The fourth-order valence-electron chi connectivity index (χ4n) is 1.82. The third-order valence-electron chi connectivity index (χ3n) is 2.77. The monoisotopic (exact) mass is 383 g/mol. The molecule has 0 saturated carbocycles. The van der Waals surface area contributed by atoms with Gasteiger partial charge in [-0.2, -0.15) is 5.26 Å². The zero-order valence-corrected chi connectivity index (χ0v) is 12.3. The summed E-state index contributed by atoms with van der Waals surface area (Å²) in [6.45, 7) is 0. The first-order valence-electron chi connectivity index (χ1n) is 5.67. The second-order valence-corrected chi connectivity index (χ2v) is 5.27. The van der Waals surface area contributed by atoms with Crippen LogP contribution in [0.15, 0.2) is 42.5 Å². The summed E-state index contributed by atoms with van der Waals surface area (Å²) >= 11 is 1.83. The van der Waals surface area contributed by atoms with Crippen LogP contribution in [0.2, 0.25) is 0 Å². The molecule has 5 heteroatoms. The molecule has 0 spiro atoms. The number of hydrogen-bond donors (Lipinski definition) is 0. The van der Waals surface area contributed by atoms with Gasteiger partial charge in [-0.05, 0) is 58.5 Å². The van der Waals surface area contributed by atoms with Crippen molar-refractivity contribution in [1.82, 2.24) is 0 Å². The Bertz CT molecular complexity index is 709. The number of carbonyl (C=O) groups excluding carboxylic acids is 1. The highest BCUT2D eigenvalue weighted by atomic mass is 127. The van der Waals surface area contributed by atoms with Crippen molar-refractivity contribution in [2.75, 3.05) is 0 Å². The molecule has 0 heterocycles. The molecule has 0 aliphatic heterocycles. The number of Topliss-reactive ketones (excluding diaryl/α,β-unsaturated/α-hetero) is 1. The second-order valence-electron chi connectivity index (χ2n) is 4.11. The molecular weight excluding hydrogens is 375 g/mol. The lowest BCUT2D eigenvalue weighted by atomic mass is 9.92. The molecule has 0 aliphatic rings. The molecule has 0 bridgehead atoms. The van der Waals surface area contributed by atoms with Crippen LogP contribution in [-0.2, 0) is 0 Å². The summed E-state index contributed by atoms with van der Waals surface area (Å²) in [6, 6.07) is 10.9. The van der Waals surface area contributed by atoms with Crippen molar-refractivity contribution in [2.45, 2.75) is 5.92 Å². The van der Waals surface area contributed by atoms with E-state index < -0.39 is 23.3 Å². The SMILES string of the molecule is N#CC(C(=O)c1ccc(F)cc1I)c1cccc(F)c1. The van der Waals surface area contributed by atoms with Crippen LogP contribution in [0.5, 0.6) is 0 Å². The van der Waals surface area contributed by atoms with E-state index in [1.807, 2.05) is 28.7 Å². The van der Waals surface area contributed by atoms with Gasteiger partial charge >= 0.3 is 0 Å². The molecule has 0 fully saturated rings. The molecule has 100 valence electrons. The van der Waals surface area contributed by atoms with E-state index in [4.69, 9.17) is 0 Å². The van der Waals surface area contributed by atoms with Crippen molar-refractivity contribution >= 4 is 28.4 Å². The summed E-state index contributed by atoms with van der Waals surface area (Å²) < 4.78 is 26.6. The van der Waals surface area contributed by atoms with Gasteiger partial charge in [0, 0.05) is 9.13 Å². The standard InChI is InChI=1S/C15H8F2INO/c16-10-3-1-2-9(6-10)13(8-19)15(20)12-5-4-11(17)7-14(12)18/h1-7,13H. The molecule has 0 aliphatic carbocycles. The number of benzene rings is 2. The normalized spacial score (nSPS) is 11.7. The zero-order valence-electron chi connectivity index (χ0n) is 10.1. The third-order valence-corrected chi connectivity index (χ3v) is 3.66. The maximum Gasteiger partial charge on any atom is 0.185 e. The first kappa shape index (κ1) is 14.6. The Kier molecular flexibility index (Phi) is 4.45. The lowest BCUT2D eigenvalue weighted by Gasteiger charge is -2.10. The van der Waals surface area contributed by atoms with Gasteiger partial charge in [0.15, 0.2) is 5.78 Å². The van der Waals surface area contributed by atoms with Gasteiger partial charge in [-0.1, -0.05) is 12.1 Å². The first-order chi connectivity index (χ1) is 9.52. The van der Waals surface area contributed by atoms with E-state index in [2.05, 4.69) is 0 Å². The molecule has 20 heavy (non-hydrogen) atoms. The van der Waals surface area contributed by atoms with Crippen LogP contribution in [0.1, 0.15) is 21.8 Å². The lowest BCUT2D eigenvalue weighted by molar-refractivity contribution is 0.0978. The predicted molar refractivity (Wildman–Crippen MR) is 78.2 cm³/mol. The minimum atomic E-state index is -1.11. The lowest BCUT2D eigenvalue weighted by Crippen LogP contribution is -2.13. The summed E-state index contributed by atoms with van der Waals surface area (Å²) in [4.78, 5) is 12.3. The zero-order chi connectivity index (χ0) is 14.7. The molecule has 2 nitrogen and oxygen atoms in total. The van der Waals surface area contributed by atoms with Crippen LogP contribution in [0.4, 0.5) is 8.78 Å². The molecule has 0 amide bonds. The Morgan fingerprint density at radius 3 is 2.45 bits per heavy atom. The molecule has 2 rings (SSSR count). The van der Waals surface area contributed by atoms with Gasteiger partial charge in [0.2, 0.25) is 0 Å². The maximum absolute atomic E-state index is 13.2. The molecule has 1 unspecified atom stereocenters. The quantitative estimate of drug-likeness (QED) is 0.593. The average Bonchev–Trinajstić information content (AvgIpc) is 2.39. The number of nitrogens with zero attached hydrogens (tertiary/aromatic N) is 1. The highest BCUT2D eigenvalue weighted by Gasteiger charge is 2.24. The molecule has 0 N–H and O–H groups in total. The van der Waals surface area contributed by atoms with Gasteiger partial charge in [0.1, 0.15) is 17.6 Å². The van der Waals surface area contributed by atoms with Gasteiger partial charge in [-0.3, -0.25) is 4.79 Å². The highest BCUT2D eigenvalue weighted by Crippen LogP contribution is 2.24. The van der Waals surface area contributed by atoms with Crippen molar-refractivity contribution in [1.29, 1.82) is 5.26 Å². The second kappa shape index (κ2) is 6.09. The smallest absolute Gasteiger partial charge is 0.185 e. The van der Waals surface area contributed by atoms with Crippen molar-refractivity contribution in [3.8, 4) is 6.07 Å². The number of rotatable bonds is 3. The first-order valence-corrected chi connectivity index (χ1v) is 6.75. The number of ketones is 1. The average molecular weight is 383 g/mol. The number of carbonyl (C=O) groups is 1. The summed E-state index contributed by atoms with van der Waals surface area (Å²) in [7, 11) is 0. The Labute approximate surface area is 128 Å². The van der Waals surface area contributed by atoms with E-state index in [0.29, 0.717) is 3.57 Å². The number of hydrogen-bond acceptors (Lipinski definition) is 2. The third kappa shape index (κ3) is 3.02. The van der Waals surface area contributed by atoms with E-state index in [0.717, 1.165) is 12.1 Å². The van der Waals surface area contributed by atoms with Crippen LogP contribution in [0.3, 0.4) is 0 Å². The van der Waals surface area contributed by atoms with Crippen molar-refractivity contribution in [3.05, 3.63) is 68.8 Å². The Hall–Kier alpha value is -1.81. The van der Waals surface area contributed by atoms with Crippen LogP contribution >= 0.6 is 22.6 Å². The van der Waals surface area contributed by atoms with Crippen molar-refractivity contribution in [3.63, 3.8) is 0 Å². The van der Waals surface area contributed by atoms with Crippen LogP contribution in [0, 0.1) is 26.5 Å². The summed E-state index contributed by atoms with van der Waals surface area (Å²) in [6.07, 6.45) is 0. The minimum Gasteiger partial charge on any atom is -0.292 e. The topological polar surface area (TPSA) is 40.9 Å². The van der Waals surface area contributed by atoms with Gasteiger partial charge < -0.3 is 0 Å².